The maximum absolute atomic E-state index is 8.86. The summed E-state index contributed by atoms with van der Waals surface area (Å²) in [5.41, 5.74) is 4.03. The SMILES string of the molecule is Cc1nc(NC2Cc3ccccc3C2)ncc1C#N. The van der Waals surface area contributed by atoms with Gasteiger partial charge in [-0.15, -0.1) is 0 Å². The molecule has 0 amide bonds. The van der Waals surface area contributed by atoms with Crippen molar-refractivity contribution in [2.75, 3.05) is 5.32 Å². The molecule has 2 aromatic rings. The third kappa shape index (κ3) is 2.27. The fraction of sp³-hybridized carbons (Fsp3) is 0.267. The number of nitrogens with one attached hydrogen (secondary N) is 1. The lowest BCUT2D eigenvalue weighted by atomic mass is 10.1. The first-order valence-electron chi connectivity index (χ1n) is 6.33. The monoisotopic (exact) mass is 250 g/mol. The molecule has 1 aliphatic rings. The molecule has 1 aliphatic carbocycles. The van der Waals surface area contributed by atoms with Gasteiger partial charge in [-0.25, -0.2) is 9.97 Å². The molecule has 1 N–H and O–H groups in total. The summed E-state index contributed by atoms with van der Waals surface area (Å²) in [4.78, 5) is 8.52. The van der Waals surface area contributed by atoms with Gasteiger partial charge in [0, 0.05) is 6.04 Å². The Morgan fingerprint density at radius 2 is 1.95 bits per heavy atom. The van der Waals surface area contributed by atoms with Crippen molar-refractivity contribution >= 4 is 5.95 Å². The molecule has 19 heavy (non-hydrogen) atoms. The first kappa shape index (κ1) is 11.7. The van der Waals surface area contributed by atoms with Crippen LogP contribution in [0.15, 0.2) is 30.5 Å². The first-order valence-corrected chi connectivity index (χ1v) is 6.33. The summed E-state index contributed by atoms with van der Waals surface area (Å²) in [6.07, 6.45) is 3.57. The molecular weight excluding hydrogens is 236 g/mol. The van der Waals surface area contributed by atoms with Gasteiger partial charge in [-0.2, -0.15) is 5.26 Å². The standard InChI is InChI=1S/C15H14N4/c1-10-13(8-16)9-17-15(18-10)19-14-6-11-4-2-3-5-12(11)7-14/h2-5,9,14H,6-7H2,1H3,(H,17,18,19). The highest BCUT2D eigenvalue weighted by Crippen LogP contribution is 2.23. The third-order valence-corrected chi connectivity index (χ3v) is 3.48. The van der Waals surface area contributed by atoms with E-state index in [2.05, 4.69) is 45.6 Å². The van der Waals surface area contributed by atoms with Crippen LogP contribution in [0.25, 0.3) is 0 Å². The van der Waals surface area contributed by atoms with E-state index >= 15 is 0 Å². The zero-order chi connectivity index (χ0) is 13.2. The van der Waals surface area contributed by atoms with E-state index < -0.39 is 0 Å². The quantitative estimate of drug-likeness (QED) is 0.887. The van der Waals surface area contributed by atoms with Crippen LogP contribution in [-0.4, -0.2) is 16.0 Å². The molecule has 4 heteroatoms. The Kier molecular flexibility index (Phi) is 2.88. The fourth-order valence-corrected chi connectivity index (χ4v) is 2.49. The highest BCUT2D eigenvalue weighted by molar-refractivity contribution is 5.40. The van der Waals surface area contributed by atoms with Gasteiger partial charge in [-0.1, -0.05) is 24.3 Å². The lowest BCUT2D eigenvalue weighted by Crippen LogP contribution is -2.21. The van der Waals surface area contributed by atoms with Crippen molar-refractivity contribution in [1.29, 1.82) is 5.26 Å². The molecule has 94 valence electrons. The van der Waals surface area contributed by atoms with Gasteiger partial charge in [0.05, 0.1) is 17.5 Å². The minimum absolute atomic E-state index is 0.338. The molecule has 0 fully saturated rings. The number of benzene rings is 1. The summed E-state index contributed by atoms with van der Waals surface area (Å²) >= 11 is 0. The maximum atomic E-state index is 8.86. The average molecular weight is 250 g/mol. The van der Waals surface area contributed by atoms with Crippen LogP contribution in [0.2, 0.25) is 0 Å². The molecule has 1 aromatic heterocycles. The van der Waals surface area contributed by atoms with Crippen LogP contribution in [0.1, 0.15) is 22.4 Å². The van der Waals surface area contributed by atoms with Gasteiger partial charge in [-0.05, 0) is 30.9 Å². The smallest absolute Gasteiger partial charge is 0.223 e. The van der Waals surface area contributed by atoms with Gasteiger partial charge in [0.15, 0.2) is 0 Å². The van der Waals surface area contributed by atoms with E-state index in [9.17, 15) is 0 Å². The van der Waals surface area contributed by atoms with Crippen molar-refractivity contribution in [2.24, 2.45) is 0 Å². The van der Waals surface area contributed by atoms with Gasteiger partial charge in [-0.3, -0.25) is 0 Å². The zero-order valence-electron chi connectivity index (χ0n) is 10.7. The number of anilines is 1. The largest absolute Gasteiger partial charge is 0.351 e. The maximum Gasteiger partial charge on any atom is 0.223 e. The molecule has 0 radical (unpaired) electrons. The highest BCUT2D eigenvalue weighted by atomic mass is 15.1. The minimum Gasteiger partial charge on any atom is -0.351 e. The number of aromatic nitrogens is 2. The Morgan fingerprint density at radius 1 is 1.26 bits per heavy atom. The molecule has 4 nitrogen and oxygen atoms in total. The molecule has 0 spiro atoms. The van der Waals surface area contributed by atoms with Gasteiger partial charge >= 0.3 is 0 Å². The van der Waals surface area contributed by atoms with Gasteiger partial charge in [0.1, 0.15) is 6.07 Å². The molecule has 1 aromatic carbocycles. The summed E-state index contributed by atoms with van der Waals surface area (Å²) in [6.45, 7) is 1.83. The average Bonchev–Trinajstić information content (AvgIpc) is 2.81. The molecule has 0 saturated carbocycles. The van der Waals surface area contributed by atoms with E-state index in [0.717, 1.165) is 18.5 Å². The summed E-state index contributed by atoms with van der Waals surface area (Å²) in [6, 6.07) is 10.9. The van der Waals surface area contributed by atoms with Gasteiger partial charge in [0.25, 0.3) is 0 Å². The van der Waals surface area contributed by atoms with Crippen LogP contribution in [0.5, 0.6) is 0 Å². The Balaban J connectivity index is 1.74. The molecule has 0 saturated heterocycles. The van der Waals surface area contributed by atoms with E-state index in [1.54, 1.807) is 6.20 Å². The van der Waals surface area contributed by atoms with Crippen molar-refractivity contribution < 1.29 is 0 Å². The number of aryl methyl sites for hydroxylation is 1. The van der Waals surface area contributed by atoms with E-state index in [-0.39, 0.29) is 0 Å². The first-order chi connectivity index (χ1) is 9.26. The Morgan fingerprint density at radius 3 is 2.53 bits per heavy atom. The summed E-state index contributed by atoms with van der Waals surface area (Å²) < 4.78 is 0. The van der Waals surface area contributed by atoms with Crippen molar-refractivity contribution in [3.63, 3.8) is 0 Å². The number of hydrogen-bond acceptors (Lipinski definition) is 4. The zero-order valence-corrected chi connectivity index (χ0v) is 10.7. The fourth-order valence-electron chi connectivity index (χ4n) is 2.49. The summed E-state index contributed by atoms with van der Waals surface area (Å²) in [5.74, 6) is 0.606. The molecule has 0 aliphatic heterocycles. The molecule has 1 heterocycles. The van der Waals surface area contributed by atoms with Crippen molar-refractivity contribution in [3.8, 4) is 6.07 Å². The molecule has 0 bridgehead atoms. The summed E-state index contributed by atoms with van der Waals surface area (Å²) in [5, 5.41) is 12.2. The van der Waals surface area contributed by atoms with Crippen LogP contribution in [0, 0.1) is 18.3 Å². The van der Waals surface area contributed by atoms with Crippen LogP contribution in [0.3, 0.4) is 0 Å². The number of hydrogen-bond donors (Lipinski definition) is 1. The second-order valence-corrected chi connectivity index (χ2v) is 4.82. The lowest BCUT2D eigenvalue weighted by molar-refractivity contribution is 0.760. The van der Waals surface area contributed by atoms with Gasteiger partial charge in [0.2, 0.25) is 5.95 Å². The van der Waals surface area contributed by atoms with Crippen LogP contribution in [0.4, 0.5) is 5.95 Å². The van der Waals surface area contributed by atoms with E-state index in [4.69, 9.17) is 5.26 Å². The van der Waals surface area contributed by atoms with Gasteiger partial charge < -0.3 is 5.32 Å². The highest BCUT2D eigenvalue weighted by Gasteiger charge is 2.21. The summed E-state index contributed by atoms with van der Waals surface area (Å²) in [7, 11) is 0. The minimum atomic E-state index is 0.338. The van der Waals surface area contributed by atoms with Crippen LogP contribution in [-0.2, 0) is 12.8 Å². The Hall–Kier alpha value is -2.41. The normalized spacial score (nSPS) is 13.9. The second kappa shape index (κ2) is 4.69. The third-order valence-electron chi connectivity index (χ3n) is 3.48. The van der Waals surface area contributed by atoms with Crippen LogP contribution >= 0.6 is 0 Å². The Bertz CT molecular complexity index is 632. The van der Waals surface area contributed by atoms with Crippen molar-refractivity contribution in [3.05, 3.63) is 52.8 Å². The van der Waals surface area contributed by atoms with E-state index in [1.165, 1.54) is 11.1 Å². The Labute approximate surface area is 112 Å². The van der Waals surface area contributed by atoms with E-state index in [1.807, 2.05) is 6.92 Å². The topological polar surface area (TPSA) is 61.6 Å². The second-order valence-electron chi connectivity index (χ2n) is 4.82. The van der Waals surface area contributed by atoms with Crippen molar-refractivity contribution in [2.45, 2.75) is 25.8 Å². The number of rotatable bonds is 2. The van der Waals surface area contributed by atoms with Crippen LogP contribution < -0.4 is 5.32 Å². The number of nitriles is 1. The molecule has 0 unspecified atom stereocenters. The predicted octanol–water partition coefficient (Wildman–Crippen LogP) is 2.24. The van der Waals surface area contributed by atoms with E-state index in [0.29, 0.717) is 17.6 Å². The number of nitrogens with zero attached hydrogens (tertiary/aromatic N) is 3. The molecular formula is C15H14N4. The molecule has 0 atom stereocenters. The molecule has 3 rings (SSSR count). The number of fused-ring (bicyclic) bond motifs is 1. The predicted molar refractivity (Wildman–Crippen MR) is 72.7 cm³/mol. The lowest BCUT2D eigenvalue weighted by Gasteiger charge is -2.12. The van der Waals surface area contributed by atoms with Crippen molar-refractivity contribution in [1.82, 2.24) is 9.97 Å².